The number of aliphatic carboxylic acids is 1. The highest BCUT2D eigenvalue weighted by atomic mass is 16.4. The van der Waals surface area contributed by atoms with E-state index in [0.717, 1.165) is 0 Å². The molecule has 1 aliphatic heterocycles. The van der Waals surface area contributed by atoms with Crippen LogP contribution in [0.15, 0.2) is 0 Å². The third kappa shape index (κ3) is 2.22. The molecule has 13 heavy (non-hydrogen) atoms. The van der Waals surface area contributed by atoms with Gasteiger partial charge < -0.3 is 10.0 Å². The van der Waals surface area contributed by atoms with Crippen molar-refractivity contribution in [3.05, 3.63) is 0 Å². The van der Waals surface area contributed by atoms with Gasteiger partial charge in [0.2, 0.25) is 5.91 Å². The third-order valence-corrected chi connectivity index (χ3v) is 2.09. The Hall–Kier alpha value is -1.50. The van der Waals surface area contributed by atoms with E-state index < -0.39 is 11.9 Å². The lowest BCUT2D eigenvalue weighted by molar-refractivity contribution is -0.141. The largest absolute Gasteiger partial charge is 0.481 e. The Morgan fingerprint density at radius 3 is 2.92 bits per heavy atom. The van der Waals surface area contributed by atoms with Gasteiger partial charge in [-0.2, -0.15) is 0 Å². The van der Waals surface area contributed by atoms with E-state index in [4.69, 9.17) is 11.5 Å². The molecule has 4 heteroatoms. The first-order chi connectivity index (χ1) is 6.15. The lowest BCUT2D eigenvalue weighted by Crippen LogP contribution is -2.27. The van der Waals surface area contributed by atoms with Crippen LogP contribution < -0.4 is 0 Å². The Morgan fingerprint density at radius 2 is 2.46 bits per heavy atom. The molecule has 1 amide bonds. The number of likely N-dealkylation sites (tertiary alicyclic amines) is 1. The number of hydrogen-bond donors (Lipinski definition) is 1. The molecule has 1 aliphatic rings. The minimum absolute atomic E-state index is 0.109. The van der Waals surface area contributed by atoms with Crippen LogP contribution in [0.25, 0.3) is 0 Å². The number of nitrogens with zero attached hydrogens (tertiary/aromatic N) is 1. The van der Waals surface area contributed by atoms with Gasteiger partial charge in [-0.05, 0) is 0 Å². The SMILES string of the molecule is C#CCCN1CC(C(=O)O)CC1=O. The van der Waals surface area contributed by atoms with Crippen LogP contribution in [0.4, 0.5) is 0 Å². The van der Waals surface area contributed by atoms with Gasteiger partial charge in [0.05, 0.1) is 5.92 Å². The molecule has 0 radical (unpaired) electrons. The lowest BCUT2D eigenvalue weighted by atomic mass is 10.1. The van der Waals surface area contributed by atoms with E-state index >= 15 is 0 Å². The van der Waals surface area contributed by atoms with Gasteiger partial charge in [-0.1, -0.05) is 0 Å². The molecule has 1 fully saturated rings. The first-order valence-corrected chi connectivity index (χ1v) is 4.09. The lowest BCUT2D eigenvalue weighted by Gasteiger charge is -2.13. The summed E-state index contributed by atoms with van der Waals surface area (Å²) in [5.41, 5.74) is 0. The number of carboxylic acid groups (broad SMARTS) is 1. The summed E-state index contributed by atoms with van der Waals surface area (Å²) in [7, 11) is 0. The molecule has 0 bridgehead atoms. The van der Waals surface area contributed by atoms with Crippen molar-refractivity contribution >= 4 is 11.9 Å². The Kier molecular flexibility index (Phi) is 2.91. The van der Waals surface area contributed by atoms with E-state index in [2.05, 4.69) is 5.92 Å². The van der Waals surface area contributed by atoms with Gasteiger partial charge in [-0.25, -0.2) is 0 Å². The highest BCUT2D eigenvalue weighted by molar-refractivity contribution is 5.86. The van der Waals surface area contributed by atoms with Gasteiger partial charge in [-0.15, -0.1) is 12.3 Å². The molecule has 0 saturated carbocycles. The topological polar surface area (TPSA) is 57.6 Å². The zero-order chi connectivity index (χ0) is 9.84. The van der Waals surface area contributed by atoms with Crippen LogP contribution in [0.1, 0.15) is 12.8 Å². The van der Waals surface area contributed by atoms with E-state index in [1.54, 1.807) is 0 Å². The summed E-state index contributed by atoms with van der Waals surface area (Å²) in [6, 6.07) is 0. The first-order valence-electron chi connectivity index (χ1n) is 4.09. The number of rotatable bonds is 3. The summed E-state index contributed by atoms with van der Waals surface area (Å²) in [5.74, 6) is 0.853. The predicted octanol–water partition coefficient (Wildman–Crippen LogP) is -0.0572. The molecule has 1 rings (SSSR count). The fourth-order valence-corrected chi connectivity index (χ4v) is 1.35. The molecular weight excluding hydrogens is 170 g/mol. The quantitative estimate of drug-likeness (QED) is 0.621. The van der Waals surface area contributed by atoms with Gasteiger partial charge in [0.1, 0.15) is 0 Å². The highest BCUT2D eigenvalue weighted by Gasteiger charge is 2.33. The van der Waals surface area contributed by atoms with Gasteiger partial charge in [0.15, 0.2) is 0 Å². The van der Waals surface area contributed by atoms with Gasteiger partial charge in [0, 0.05) is 25.9 Å². The second kappa shape index (κ2) is 3.94. The van der Waals surface area contributed by atoms with Crippen molar-refractivity contribution in [1.82, 2.24) is 4.90 Å². The molecule has 1 saturated heterocycles. The van der Waals surface area contributed by atoms with Gasteiger partial charge >= 0.3 is 5.97 Å². The summed E-state index contributed by atoms with van der Waals surface area (Å²) < 4.78 is 0. The summed E-state index contributed by atoms with van der Waals surface area (Å²) in [4.78, 5) is 23.2. The van der Waals surface area contributed by atoms with Crippen LogP contribution in [0.5, 0.6) is 0 Å². The monoisotopic (exact) mass is 181 g/mol. The first kappa shape index (κ1) is 9.59. The third-order valence-electron chi connectivity index (χ3n) is 2.09. The molecule has 0 aromatic heterocycles. The normalized spacial score (nSPS) is 21.6. The maximum absolute atomic E-state index is 11.2. The number of amides is 1. The number of carboxylic acids is 1. The fourth-order valence-electron chi connectivity index (χ4n) is 1.35. The zero-order valence-electron chi connectivity index (χ0n) is 7.19. The number of terminal acetylenes is 1. The molecule has 0 spiro atoms. The summed E-state index contributed by atoms with van der Waals surface area (Å²) in [6.45, 7) is 0.773. The second-order valence-electron chi connectivity index (χ2n) is 3.03. The standard InChI is InChI=1S/C9H11NO3/c1-2-3-4-10-6-7(9(12)13)5-8(10)11/h1,7H,3-6H2,(H,12,13). The van der Waals surface area contributed by atoms with Crippen LogP contribution in [0.3, 0.4) is 0 Å². The fraction of sp³-hybridized carbons (Fsp3) is 0.556. The van der Waals surface area contributed by atoms with Crippen molar-refractivity contribution in [2.75, 3.05) is 13.1 Å². The summed E-state index contributed by atoms with van der Waals surface area (Å²) in [6.07, 6.45) is 5.64. The predicted molar refractivity (Wildman–Crippen MR) is 45.8 cm³/mol. The van der Waals surface area contributed by atoms with Crippen LogP contribution in [0.2, 0.25) is 0 Å². The molecule has 70 valence electrons. The highest BCUT2D eigenvalue weighted by Crippen LogP contribution is 2.17. The molecule has 0 aliphatic carbocycles. The van der Waals surface area contributed by atoms with E-state index in [-0.39, 0.29) is 12.3 Å². The van der Waals surface area contributed by atoms with Crippen molar-refractivity contribution in [3.8, 4) is 12.3 Å². The zero-order valence-corrected chi connectivity index (χ0v) is 7.19. The minimum Gasteiger partial charge on any atom is -0.481 e. The van der Waals surface area contributed by atoms with Crippen LogP contribution in [0, 0.1) is 18.3 Å². The average molecular weight is 181 g/mol. The average Bonchev–Trinajstić information content (AvgIpc) is 2.44. The van der Waals surface area contributed by atoms with Crippen LogP contribution in [-0.2, 0) is 9.59 Å². The van der Waals surface area contributed by atoms with Crippen molar-refractivity contribution in [1.29, 1.82) is 0 Å². The summed E-state index contributed by atoms with van der Waals surface area (Å²) in [5, 5.41) is 8.66. The molecule has 1 atom stereocenters. The van der Waals surface area contributed by atoms with Gasteiger partial charge in [0.25, 0.3) is 0 Å². The Morgan fingerprint density at radius 1 is 1.77 bits per heavy atom. The van der Waals surface area contributed by atoms with E-state index in [1.165, 1.54) is 4.90 Å². The molecular formula is C9H11NO3. The van der Waals surface area contributed by atoms with Crippen molar-refractivity contribution in [2.24, 2.45) is 5.92 Å². The molecule has 1 unspecified atom stereocenters. The van der Waals surface area contributed by atoms with E-state index in [9.17, 15) is 9.59 Å². The molecule has 1 heterocycles. The van der Waals surface area contributed by atoms with E-state index in [1.807, 2.05) is 0 Å². The summed E-state index contributed by atoms with van der Waals surface area (Å²) >= 11 is 0. The molecule has 1 N–H and O–H groups in total. The molecule has 0 aromatic carbocycles. The maximum atomic E-state index is 11.2. The van der Waals surface area contributed by atoms with Crippen molar-refractivity contribution in [2.45, 2.75) is 12.8 Å². The Bertz CT molecular complexity index is 267. The molecule has 4 nitrogen and oxygen atoms in total. The second-order valence-corrected chi connectivity index (χ2v) is 3.03. The van der Waals surface area contributed by atoms with Crippen molar-refractivity contribution in [3.63, 3.8) is 0 Å². The molecule has 0 aromatic rings. The smallest absolute Gasteiger partial charge is 0.308 e. The van der Waals surface area contributed by atoms with Crippen LogP contribution >= 0.6 is 0 Å². The number of carbonyl (C=O) groups is 2. The van der Waals surface area contributed by atoms with Crippen LogP contribution in [-0.4, -0.2) is 35.0 Å². The maximum Gasteiger partial charge on any atom is 0.308 e. The Balaban J connectivity index is 2.47. The Labute approximate surface area is 76.5 Å². The van der Waals surface area contributed by atoms with Crippen molar-refractivity contribution < 1.29 is 14.7 Å². The van der Waals surface area contributed by atoms with E-state index in [0.29, 0.717) is 19.5 Å². The number of hydrogen-bond acceptors (Lipinski definition) is 2. The number of carbonyl (C=O) groups excluding carboxylic acids is 1. The van der Waals surface area contributed by atoms with Gasteiger partial charge in [-0.3, -0.25) is 9.59 Å². The minimum atomic E-state index is -0.906.